The fourth-order valence-corrected chi connectivity index (χ4v) is 4.69. The molecule has 31 heavy (non-hydrogen) atoms. The van der Waals surface area contributed by atoms with Gasteiger partial charge in [0, 0.05) is 12.7 Å². The molecule has 3 rings (SSSR count). The van der Waals surface area contributed by atoms with E-state index < -0.39 is 10.0 Å². The molecule has 164 valence electrons. The maximum Gasteiger partial charge on any atom is 0.234 e. The van der Waals surface area contributed by atoms with Crippen LogP contribution in [0.15, 0.2) is 53.7 Å². The lowest BCUT2D eigenvalue weighted by atomic mass is 10.1. The molecule has 1 aromatic heterocycles. The molecule has 1 heterocycles. The Morgan fingerprint density at radius 2 is 1.74 bits per heavy atom. The number of nitrogens with zero attached hydrogens (tertiary/aromatic N) is 4. The molecule has 0 atom stereocenters. The first-order valence-corrected chi connectivity index (χ1v) is 12.4. The molecule has 3 aromatic rings. The highest BCUT2D eigenvalue weighted by Crippen LogP contribution is 2.22. The Morgan fingerprint density at radius 3 is 2.35 bits per heavy atom. The minimum Gasteiger partial charge on any atom is -0.325 e. The fraction of sp³-hybridized carbons (Fsp3) is 0.286. The van der Waals surface area contributed by atoms with E-state index in [0.717, 1.165) is 23.1 Å². The SMILES string of the molecule is Cc1cc(C)cc(NC(=O)CSc2nnc(CN(c3ccccc3)S(C)(=O)=O)n2C)c1. The van der Waals surface area contributed by atoms with Crippen LogP contribution in [0.1, 0.15) is 17.0 Å². The number of aromatic nitrogens is 3. The number of thioether (sulfide) groups is 1. The van der Waals surface area contributed by atoms with Crippen LogP contribution in [0.5, 0.6) is 0 Å². The second-order valence-electron chi connectivity index (χ2n) is 7.28. The zero-order valence-corrected chi connectivity index (χ0v) is 19.5. The summed E-state index contributed by atoms with van der Waals surface area (Å²) in [5, 5.41) is 11.7. The molecule has 0 aliphatic carbocycles. The molecular formula is C21H25N5O3S2. The predicted octanol–water partition coefficient (Wildman–Crippen LogP) is 3.13. The summed E-state index contributed by atoms with van der Waals surface area (Å²) in [6, 6.07) is 14.7. The van der Waals surface area contributed by atoms with Gasteiger partial charge in [0.15, 0.2) is 11.0 Å². The molecule has 0 aliphatic heterocycles. The van der Waals surface area contributed by atoms with Crippen molar-refractivity contribution in [2.45, 2.75) is 25.5 Å². The molecular weight excluding hydrogens is 434 g/mol. The van der Waals surface area contributed by atoms with Gasteiger partial charge < -0.3 is 9.88 Å². The number of amides is 1. The van der Waals surface area contributed by atoms with E-state index in [4.69, 9.17) is 0 Å². The first kappa shape index (κ1) is 22.8. The van der Waals surface area contributed by atoms with Gasteiger partial charge >= 0.3 is 0 Å². The van der Waals surface area contributed by atoms with Crippen LogP contribution in [0.25, 0.3) is 0 Å². The van der Waals surface area contributed by atoms with Crippen LogP contribution in [0.3, 0.4) is 0 Å². The van der Waals surface area contributed by atoms with Crippen molar-refractivity contribution < 1.29 is 13.2 Å². The predicted molar refractivity (Wildman–Crippen MR) is 124 cm³/mol. The number of hydrogen-bond donors (Lipinski definition) is 1. The van der Waals surface area contributed by atoms with Gasteiger partial charge in [-0.2, -0.15) is 0 Å². The maximum absolute atomic E-state index is 12.3. The van der Waals surface area contributed by atoms with Gasteiger partial charge in [-0.25, -0.2) is 8.42 Å². The highest BCUT2D eigenvalue weighted by atomic mass is 32.2. The molecule has 2 aromatic carbocycles. The molecule has 1 amide bonds. The van der Waals surface area contributed by atoms with Gasteiger partial charge in [0.2, 0.25) is 15.9 Å². The van der Waals surface area contributed by atoms with Crippen molar-refractivity contribution in [3.63, 3.8) is 0 Å². The Balaban J connectivity index is 1.67. The Labute approximate surface area is 186 Å². The summed E-state index contributed by atoms with van der Waals surface area (Å²) in [6.07, 6.45) is 1.16. The molecule has 0 fully saturated rings. The van der Waals surface area contributed by atoms with Gasteiger partial charge in [0.25, 0.3) is 0 Å². The average Bonchev–Trinajstić information content (AvgIpc) is 3.03. The van der Waals surface area contributed by atoms with Crippen molar-refractivity contribution in [3.05, 3.63) is 65.5 Å². The van der Waals surface area contributed by atoms with Crippen molar-refractivity contribution >= 4 is 39.1 Å². The van der Waals surface area contributed by atoms with E-state index in [2.05, 4.69) is 15.5 Å². The average molecular weight is 460 g/mol. The van der Waals surface area contributed by atoms with Crippen molar-refractivity contribution in [2.24, 2.45) is 7.05 Å². The lowest BCUT2D eigenvalue weighted by Crippen LogP contribution is -2.30. The van der Waals surface area contributed by atoms with Gasteiger partial charge in [0.1, 0.15) is 0 Å². The number of benzene rings is 2. The van der Waals surface area contributed by atoms with E-state index in [1.165, 1.54) is 16.1 Å². The van der Waals surface area contributed by atoms with Gasteiger partial charge in [-0.05, 0) is 49.2 Å². The number of hydrogen-bond acceptors (Lipinski definition) is 6. The highest BCUT2D eigenvalue weighted by molar-refractivity contribution is 7.99. The lowest BCUT2D eigenvalue weighted by Gasteiger charge is -2.21. The maximum atomic E-state index is 12.3. The van der Waals surface area contributed by atoms with Crippen LogP contribution >= 0.6 is 11.8 Å². The van der Waals surface area contributed by atoms with Crippen molar-refractivity contribution in [1.82, 2.24) is 14.8 Å². The smallest absolute Gasteiger partial charge is 0.234 e. The third-order valence-corrected chi connectivity index (χ3v) is 6.65. The van der Waals surface area contributed by atoms with Gasteiger partial charge in [-0.1, -0.05) is 36.0 Å². The van der Waals surface area contributed by atoms with Gasteiger partial charge in [0.05, 0.1) is 24.2 Å². The molecule has 0 spiro atoms. The highest BCUT2D eigenvalue weighted by Gasteiger charge is 2.21. The van der Waals surface area contributed by atoms with Crippen LogP contribution in [0.2, 0.25) is 0 Å². The van der Waals surface area contributed by atoms with Crippen molar-refractivity contribution in [2.75, 3.05) is 21.6 Å². The molecule has 0 bridgehead atoms. The molecule has 1 N–H and O–H groups in total. The third-order valence-electron chi connectivity index (χ3n) is 4.49. The molecule has 0 aliphatic rings. The molecule has 0 radical (unpaired) electrons. The number of sulfonamides is 1. The molecule has 10 heteroatoms. The van der Waals surface area contributed by atoms with Crippen molar-refractivity contribution in [1.29, 1.82) is 0 Å². The minimum atomic E-state index is -3.51. The quantitative estimate of drug-likeness (QED) is 0.520. The Hall–Kier alpha value is -2.85. The first-order chi connectivity index (χ1) is 14.6. The van der Waals surface area contributed by atoms with Crippen LogP contribution in [0, 0.1) is 13.8 Å². The Bertz CT molecular complexity index is 1160. The normalized spacial score (nSPS) is 11.4. The van der Waals surface area contributed by atoms with Crippen molar-refractivity contribution in [3.8, 4) is 0 Å². The van der Waals surface area contributed by atoms with E-state index >= 15 is 0 Å². The van der Waals surface area contributed by atoms with E-state index in [9.17, 15) is 13.2 Å². The van der Waals surface area contributed by atoms with Gasteiger partial charge in [-0.3, -0.25) is 9.10 Å². The van der Waals surface area contributed by atoms with E-state index in [0.29, 0.717) is 16.7 Å². The van der Waals surface area contributed by atoms with E-state index in [-0.39, 0.29) is 18.2 Å². The zero-order valence-electron chi connectivity index (χ0n) is 17.9. The summed E-state index contributed by atoms with van der Waals surface area (Å²) in [4.78, 5) is 12.3. The Kier molecular flexibility index (Phi) is 7.01. The van der Waals surface area contributed by atoms with Crippen LogP contribution < -0.4 is 9.62 Å². The lowest BCUT2D eigenvalue weighted by molar-refractivity contribution is -0.113. The van der Waals surface area contributed by atoms with Crippen LogP contribution in [-0.4, -0.2) is 41.1 Å². The van der Waals surface area contributed by atoms with Crippen LogP contribution in [-0.2, 0) is 28.4 Å². The summed E-state index contributed by atoms with van der Waals surface area (Å²) < 4.78 is 27.6. The Morgan fingerprint density at radius 1 is 1.10 bits per heavy atom. The third kappa shape index (κ3) is 6.08. The molecule has 0 saturated heterocycles. The van der Waals surface area contributed by atoms with E-state index in [1.807, 2.05) is 38.1 Å². The number of carbonyl (C=O) groups is 1. The zero-order chi connectivity index (χ0) is 22.6. The number of carbonyl (C=O) groups excluding carboxylic acids is 1. The van der Waals surface area contributed by atoms with Crippen LogP contribution in [0.4, 0.5) is 11.4 Å². The fourth-order valence-electron chi connectivity index (χ4n) is 3.11. The molecule has 0 unspecified atom stereocenters. The summed E-state index contributed by atoms with van der Waals surface area (Å²) in [5.74, 6) is 0.487. The van der Waals surface area contributed by atoms with E-state index in [1.54, 1.807) is 35.9 Å². The molecule has 8 nitrogen and oxygen atoms in total. The first-order valence-electron chi connectivity index (χ1n) is 9.55. The second kappa shape index (κ2) is 9.52. The number of rotatable bonds is 8. The summed E-state index contributed by atoms with van der Waals surface area (Å²) in [6.45, 7) is 4.00. The summed E-state index contributed by atoms with van der Waals surface area (Å²) in [7, 11) is -1.75. The number of para-hydroxylation sites is 1. The largest absolute Gasteiger partial charge is 0.325 e. The molecule has 0 saturated carbocycles. The standard InChI is InChI=1S/C21H25N5O3S2/c1-15-10-16(2)12-17(11-15)22-20(27)14-30-21-24-23-19(25(21)3)13-26(31(4,28)29)18-8-6-5-7-9-18/h5-12H,13-14H2,1-4H3,(H,22,27). The van der Waals surface area contributed by atoms with Gasteiger partial charge in [-0.15, -0.1) is 10.2 Å². The monoisotopic (exact) mass is 459 g/mol. The minimum absolute atomic E-state index is 0.0433. The number of nitrogens with one attached hydrogen (secondary N) is 1. The summed E-state index contributed by atoms with van der Waals surface area (Å²) >= 11 is 1.24. The number of aryl methyl sites for hydroxylation is 2. The number of anilines is 2. The second-order valence-corrected chi connectivity index (χ2v) is 10.1. The summed E-state index contributed by atoms with van der Waals surface area (Å²) in [5.41, 5.74) is 3.47. The topological polar surface area (TPSA) is 97.2 Å².